The molecule has 1 aromatic carbocycles. The monoisotopic (exact) mass is 345 g/mol. The Balaban J connectivity index is 1.53. The highest BCUT2D eigenvalue weighted by atomic mass is 16.6. The van der Waals surface area contributed by atoms with E-state index in [-0.39, 0.29) is 12.0 Å². The molecule has 1 spiro atoms. The van der Waals surface area contributed by atoms with Crippen LogP contribution >= 0.6 is 0 Å². The lowest BCUT2D eigenvalue weighted by molar-refractivity contribution is 0.0553. The van der Waals surface area contributed by atoms with Crippen LogP contribution in [0.15, 0.2) is 24.3 Å². The number of morpholine rings is 1. The van der Waals surface area contributed by atoms with Gasteiger partial charge in [0, 0.05) is 38.8 Å². The minimum Gasteiger partial charge on any atom is -0.439 e. The highest BCUT2D eigenvalue weighted by Crippen LogP contribution is 2.33. The Hall–Kier alpha value is -2.28. The van der Waals surface area contributed by atoms with Gasteiger partial charge in [-0.15, -0.1) is 0 Å². The molecule has 0 aliphatic carbocycles. The fraction of sp³-hybridized carbons (Fsp3) is 0.556. The van der Waals surface area contributed by atoms with Gasteiger partial charge in [-0.3, -0.25) is 4.79 Å². The second-order valence-corrected chi connectivity index (χ2v) is 7.00. The third-order valence-corrected chi connectivity index (χ3v) is 5.23. The van der Waals surface area contributed by atoms with Gasteiger partial charge in [0.25, 0.3) is 5.91 Å². The summed E-state index contributed by atoms with van der Waals surface area (Å²) in [5.74, 6) is 0.00423. The second-order valence-electron chi connectivity index (χ2n) is 7.00. The average Bonchev–Trinajstić information content (AvgIpc) is 3.17. The maximum atomic E-state index is 13.1. The summed E-state index contributed by atoms with van der Waals surface area (Å²) in [6, 6.07) is 7.73. The number of hydrogen-bond acceptors (Lipinski definition) is 5. The number of carbonyl (C=O) groups excluding carboxylic acids is 2. The number of benzene rings is 1. The first-order valence-electron chi connectivity index (χ1n) is 8.73. The van der Waals surface area contributed by atoms with E-state index >= 15 is 0 Å². The van der Waals surface area contributed by atoms with E-state index in [2.05, 4.69) is 4.90 Å². The Labute approximate surface area is 147 Å². The number of hydrogen-bond donors (Lipinski definition) is 0. The molecule has 25 heavy (non-hydrogen) atoms. The standard InChI is InChI=1S/C18H23N3O4/c1-19-12-18(25-17(19)23)6-7-21(13-18)16(22)14-4-2-3-5-15(14)20-8-10-24-11-9-20/h2-5H,6-13H2,1H3/t18-/m1/s1. The zero-order valence-electron chi connectivity index (χ0n) is 14.4. The van der Waals surface area contributed by atoms with E-state index in [1.807, 2.05) is 29.2 Å². The van der Waals surface area contributed by atoms with Crippen LogP contribution in [0.4, 0.5) is 10.5 Å². The molecule has 1 atom stereocenters. The van der Waals surface area contributed by atoms with E-state index < -0.39 is 5.60 Å². The zero-order chi connectivity index (χ0) is 17.4. The number of likely N-dealkylation sites (tertiary alicyclic amines) is 1. The SMILES string of the molecule is CN1C[C@@]2(CCN(C(=O)c3ccccc3N3CCOCC3)C2)OC1=O. The van der Waals surface area contributed by atoms with Crippen LogP contribution in [-0.4, -0.2) is 80.4 Å². The molecular formula is C18H23N3O4. The third-order valence-electron chi connectivity index (χ3n) is 5.23. The van der Waals surface area contributed by atoms with Gasteiger partial charge in [0.2, 0.25) is 0 Å². The molecular weight excluding hydrogens is 322 g/mol. The maximum Gasteiger partial charge on any atom is 0.410 e. The smallest absolute Gasteiger partial charge is 0.410 e. The highest BCUT2D eigenvalue weighted by molar-refractivity contribution is 6.00. The van der Waals surface area contributed by atoms with Gasteiger partial charge in [0.05, 0.1) is 31.9 Å². The first-order chi connectivity index (χ1) is 12.1. The van der Waals surface area contributed by atoms with Gasteiger partial charge in [-0.1, -0.05) is 12.1 Å². The second kappa shape index (κ2) is 6.22. The molecule has 7 nitrogen and oxygen atoms in total. The van der Waals surface area contributed by atoms with Crippen molar-refractivity contribution in [2.75, 3.05) is 57.9 Å². The number of amides is 2. The van der Waals surface area contributed by atoms with Gasteiger partial charge < -0.3 is 24.2 Å². The van der Waals surface area contributed by atoms with E-state index in [0.717, 1.165) is 18.8 Å². The number of carbonyl (C=O) groups is 2. The molecule has 4 rings (SSSR count). The zero-order valence-corrected chi connectivity index (χ0v) is 14.4. The summed E-state index contributed by atoms with van der Waals surface area (Å²) >= 11 is 0. The molecule has 0 radical (unpaired) electrons. The lowest BCUT2D eigenvalue weighted by atomic mass is 10.0. The summed E-state index contributed by atoms with van der Waals surface area (Å²) in [6.07, 6.45) is 0.386. The summed E-state index contributed by atoms with van der Waals surface area (Å²) in [4.78, 5) is 30.4. The molecule has 7 heteroatoms. The number of anilines is 1. The Morgan fingerprint density at radius 1 is 1.12 bits per heavy atom. The van der Waals surface area contributed by atoms with E-state index in [0.29, 0.717) is 44.8 Å². The summed E-state index contributed by atoms with van der Waals surface area (Å²) in [6.45, 7) is 4.54. The van der Waals surface area contributed by atoms with Crippen molar-refractivity contribution in [2.24, 2.45) is 0 Å². The topological polar surface area (TPSA) is 62.3 Å². The third kappa shape index (κ3) is 2.93. The van der Waals surface area contributed by atoms with Crippen molar-refractivity contribution in [3.63, 3.8) is 0 Å². The van der Waals surface area contributed by atoms with Crippen molar-refractivity contribution in [1.29, 1.82) is 0 Å². The van der Waals surface area contributed by atoms with Crippen LogP contribution in [0.5, 0.6) is 0 Å². The molecule has 3 aliphatic heterocycles. The predicted molar refractivity (Wildman–Crippen MR) is 91.8 cm³/mol. The molecule has 2 amide bonds. The van der Waals surface area contributed by atoms with Gasteiger partial charge in [-0.25, -0.2) is 4.79 Å². The van der Waals surface area contributed by atoms with Crippen LogP contribution in [0.1, 0.15) is 16.8 Å². The van der Waals surface area contributed by atoms with Crippen molar-refractivity contribution in [3.8, 4) is 0 Å². The maximum absolute atomic E-state index is 13.1. The van der Waals surface area contributed by atoms with Crippen LogP contribution in [0.25, 0.3) is 0 Å². The molecule has 3 saturated heterocycles. The Bertz CT molecular complexity index is 689. The molecule has 1 aromatic rings. The lowest BCUT2D eigenvalue weighted by Crippen LogP contribution is -2.40. The van der Waals surface area contributed by atoms with Gasteiger partial charge in [-0.2, -0.15) is 0 Å². The first-order valence-corrected chi connectivity index (χ1v) is 8.73. The molecule has 0 aromatic heterocycles. The van der Waals surface area contributed by atoms with E-state index in [1.54, 1.807) is 11.9 Å². The fourth-order valence-electron chi connectivity index (χ4n) is 3.93. The summed E-state index contributed by atoms with van der Waals surface area (Å²) < 4.78 is 11.0. The minimum atomic E-state index is -0.546. The number of ether oxygens (including phenoxy) is 2. The molecule has 0 N–H and O–H groups in total. The fourth-order valence-corrected chi connectivity index (χ4v) is 3.93. The van der Waals surface area contributed by atoms with Crippen LogP contribution in [0, 0.1) is 0 Å². The van der Waals surface area contributed by atoms with E-state index in [1.165, 1.54) is 0 Å². The van der Waals surface area contributed by atoms with Crippen molar-refractivity contribution < 1.29 is 19.1 Å². The normalized spacial score (nSPS) is 26.4. The highest BCUT2D eigenvalue weighted by Gasteiger charge is 2.49. The number of nitrogens with zero attached hydrogens (tertiary/aromatic N) is 3. The van der Waals surface area contributed by atoms with Gasteiger partial charge in [0.1, 0.15) is 0 Å². The van der Waals surface area contributed by atoms with Crippen LogP contribution < -0.4 is 4.90 Å². The molecule has 134 valence electrons. The van der Waals surface area contributed by atoms with Crippen LogP contribution in [-0.2, 0) is 9.47 Å². The predicted octanol–water partition coefficient (Wildman–Crippen LogP) is 1.19. The van der Waals surface area contributed by atoms with Gasteiger partial charge in [-0.05, 0) is 12.1 Å². The molecule has 0 saturated carbocycles. The first kappa shape index (κ1) is 16.2. The average molecular weight is 345 g/mol. The molecule has 0 bridgehead atoms. The molecule has 0 unspecified atom stereocenters. The largest absolute Gasteiger partial charge is 0.439 e. The van der Waals surface area contributed by atoms with Gasteiger partial charge in [0.15, 0.2) is 5.60 Å². The Morgan fingerprint density at radius 3 is 2.60 bits per heavy atom. The number of rotatable bonds is 2. The summed E-state index contributed by atoms with van der Waals surface area (Å²) in [5.41, 5.74) is 1.12. The molecule has 3 fully saturated rings. The number of likely N-dealkylation sites (N-methyl/N-ethyl adjacent to an activating group) is 1. The quantitative estimate of drug-likeness (QED) is 0.806. The Morgan fingerprint density at radius 2 is 1.88 bits per heavy atom. The Kier molecular flexibility index (Phi) is 4.03. The van der Waals surface area contributed by atoms with E-state index in [4.69, 9.17) is 9.47 Å². The summed E-state index contributed by atoms with van der Waals surface area (Å²) in [5, 5.41) is 0. The van der Waals surface area contributed by atoms with Crippen LogP contribution in [0.2, 0.25) is 0 Å². The van der Waals surface area contributed by atoms with E-state index in [9.17, 15) is 9.59 Å². The molecule has 3 heterocycles. The minimum absolute atomic E-state index is 0.00423. The molecule has 3 aliphatic rings. The van der Waals surface area contributed by atoms with Crippen molar-refractivity contribution in [3.05, 3.63) is 29.8 Å². The summed E-state index contributed by atoms with van der Waals surface area (Å²) in [7, 11) is 1.73. The van der Waals surface area contributed by atoms with Crippen molar-refractivity contribution in [2.45, 2.75) is 12.0 Å². The lowest BCUT2D eigenvalue weighted by Gasteiger charge is -2.31. The van der Waals surface area contributed by atoms with Crippen LogP contribution in [0.3, 0.4) is 0 Å². The van der Waals surface area contributed by atoms with Crippen molar-refractivity contribution >= 4 is 17.7 Å². The van der Waals surface area contributed by atoms with Crippen molar-refractivity contribution in [1.82, 2.24) is 9.80 Å². The number of para-hydroxylation sites is 1. The van der Waals surface area contributed by atoms with Gasteiger partial charge >= 0.3 is 6.09 Å².